The molecule has 0 unspecified atom stereocenters. The molecule has 0 atom stereocenters. The number of thiazole rings is 1. The topological polar surface area (TPSA) is 39.7 Å². The van der Waals surface area contributed by atoms with Gasteiger partial charge < -0.3 is 14.7 Å². The molecule has 0 saturated carbocycles. The molecule has 0 spiro atoms. The highest BCUT2D eigenvalue weighted by atomic mass is 35.5. The van der Waals surface area contributed by atoms with Gasteiger partial charge in [0.15, 0.2) is 5.13 Å². The first kappa shape index (κ1) is 18.1. The highest BCUT2D eigenvalue weighted by Crippen LogP contribution is 2.31. The van der Waals surface area contributed by atoms with Gasteiger partial charge in [-0.15, -0.1) is 0 Å². The second-order valence-electron chi connectivity index (χ2n) is 6.83. The van der Waals surface area contributed by atoms with E-state index in [2.05, 4.69) is 4.90 Å². The molecule has 4 rings (SSSR count). The predicted molar refractivity (Wildman–Crippen MR) is 114 cm³/mol. The molecule has 1 saturated heterocycles. The maximum Gasteiger partial charge on any atom is 0.253 e. The van der Waals surface area contributed by atoms with Gasteiger partial charge in [-0.2, -0.15) is 0 Å². The Bertz CT molecular complexity index is 962. The fourth-order valence-electron chi connectivity index (χ4n) is 3.21. The third-order valence-corrected chi connectivity index (χ3v) is 6.12. The van der Waals surface area contributed by atoms with Crippen LogP contribution in [-0.2, 0) is 0 Å². The van der Waals surface area contributed by atoms with E-state index in [9.17, 15) is 4.79 Å². The van der Waals surface area contributed by atoms with Crippen molar-refractivity contribution in [3.8, 4) is 0 Å². The number of halogens is 1. The number of nitrogens with zero attached hydrogens (tertiary/aromatic N) is 4. The van der Waals surface area contributed by atoms with Crippen LogP contribution in [-0.4, -0.2) is 56.1 Å². The van der Waals surface area contributed by atoms with E-state index < -0.39 is 0 Å². The van der Waals surface area contributed by atoms with Crippen molar-refractivity contribution in [3.63, 3.8) is 0 Å². The highest BCUT2D eigenvalue weighted by molar-refractivity contribution is 7.22. The number of fused-ring (bicyclic) bond motifs is 1. The molecule has 1 amide bonds. The van der Waals surface area contributed by atoms with Crippen LogP contribution in [0.1, 0.15) is 10.4 Å². The Kier molecular flexibility index (Phi) is 4.93. The number of amides is 1. The average Bonchev–Trinajstić information content (AvgIpc) is 3.11. The van der Waals surface area contributed by atoms with Crippen molar-refractivity contribution in [2.24, 2.45) is 0 Å². The molecule has 2 heterocycles. The summed E-state index contributed by atoms with van der Waals surface area (Å²) in [5.41, 5.74) is 2.80. The van der Waals surface area contributed by atoms with E-state index in [1.807, 2.05) is 66.4 Å². The van der Waals surface area contributed by atoms with Gasteiger partial charge in [-0.25, -0.2) is 4.98 Å². The van der Waals surface area contributed by atoms with Crippen LogP contribution in [0.4, 0.5) is 10.8 Å². The summed E-state index contributed by atoms with van der Waals surface area (Å²) in [6, 6.07) is 13.5. The van der Waals surface area contributed by atoms with E-state index in [-0.39, 0.29) is 5.91 Å². The maximum atomic E-state index is 12.8. The van der Waals surface area contributed by atoms with Gasteiger partial charge in [-0.3, -0.25) is 4.79 Å². The normalized spacial score (nSPS) is 14.6. The highest BCUT2D eigenvalue weighted by Gasteiger charge is 2.24. The lowest BCUT2D eigenvalue weighted by Gasteiger charge is -2.34. The van der Waals surface area contributed by atoms with Gasteiger partial charge in [0, 0.05) is 56.5 Å². The second kappa shape index (κ2) is 7.37. The smallest absolute Gasteiger partial charge is 0.253 e. The summed E-state index contributed by atoms with van der Waals surface area (Å²) in [5.74, 6) is 0.0936. The SMILES string of the molecule is CN(C)c1ccc(C(=O)N2CCN(c3nc4ccc(Cl)cc4s3)CC2)cc1. The van der Waals surface area contributed by atoms with Gasteiger partial charge >= 0.3 is 0 Å². The molecular formula is C20H21ClN4OS. The Labute approximate surface area is 167 Å². The van der Waals surface area contributed by atoms with Gasteiger partial charge in [-0.1, -0.05) is 22.9 Å². The molecule has 5 nitrogen and oxygen atoms in total. The summed E-state index contributed by atoms with van der Waals surface area (Å²) in [6.07, 6.45) is 0. The van der Waals surface area contributed by atoms with E-state index in [4.69, 9.17) is 16.6 Å². The van der Waals surface area contributed by atoms with Crippen LogP contribution in [0, 0.1) is 0 Å². The number of carbonyl (C=O) groups excluding carboxylic acids is 1. The summed E-state index contributed by atoms with van der Waals surface area (Å²) < 4.78 is 1.09. The zero-order valence-electron chi connectivity index (χ0n) is 15.4. The van der Waals surface area contributed by atoms with Crippen LogP contribution in [0.3, 0.4) is 0 Å². The first-order valence-electron chi connectivity index (χ1n) is 8.89. The maximum absolute atomic E-state index is 12.8. The second-order valence-corrected chi connectivity index (χ2v) is 8.27. The molecule has 7 heteroatoms. The molecule has 1 fully saturated rings. The molecule has 2 aromatic carbocycles. The summed E-state index contributed by atoms with van der Waals surface area (Å²) in [5, 5.41) is 1.73. The Morgan fingerprint density at radius 3 is 2.44 bits per heavy atom. The Balaban J connectivity index is 1.42. The fourth-order valence-corrected chi connectivity index (χ4v) is 4.50. The van der Waals surface area contributed by atoms with Crippen molar-refractivity contribution in [3.05, 3.63) is 53.1 Å². The van der Waals surface area contributed by atoms with Crippen molar-refractivity contribution in [1.29, 1.82) is 0 Å². The lowest BCUT2D eigenvalue weighted by atomic mass is 10.1. The number of benzene rings is 2. The number of carbonyl (C=O) groups is 1. The minimum Gasteiger partial charge on any atom is -0.378 e. The van der Waals surface area contributed by atoms with Crippen molar-refractivity contribution < 1.29 is 4.79 Å². The zero-order chi connectivity index (χ0) is 19.0. The Morgan fingerprint density at radius 1 is 1.07 bits per heavy atom. The Morgan fingerprint density at radius 2 is 1.78 bits per heavy atom. The van der Waals surface area contributed by atoms with Gasteiger partial charge in [0.2, 0.25) is 0 Å². The molecule has 1 aliphatic rings. The standard InChI is InChI=1S/C20H21ClN4OS/c1-23(2)16-6-3-14(4-7-16)19(26)24-9-11-25(12-10-24)20-22-17-8-5-15(21)13-18(17)27-20/h3-8,13H,9-12H2,1-2H3. The minimum atomic E-state index is 0.0936. The quantitative estimate of drug-likeness (QED) is 0.666. The molecule has 0 N–H and O–H groups in total. The molecule has 27 heavy (non-hydrogen) atoms. The summed E-state index contributed by atoms with van der Waals surface area (Å²) in [4.78, 5) is 23.7. The van der Waals surface area contributed by atoms with E-state index >= 15 is 0 Å². The van der Waals surface area contributed by atoms with E-state index in [1.54, 1.807) is 11.3 Å². The predicted octanol–water partition coefficient (Wildman–Crippen LogP) is 3.98. The molecule has 1 aliphatic heterocycles. The number of hydrogen-bond acceptors (Lipinski definition) is 5. The monoisotopic (exact) mass is 400 g/mol. The number of piperazine rings is 1. The van der Waals surface area contributed by atoms with E-state index in [0.29, 0.717) is 13.1 Å². The van der Waals surface area contributed by atoms with Crippen LogP contribution in [0.25, 0.3) is 10.2 Å². The number of hydrogen-bond donors (Lipinski definition) is 0. The van der Waals surface area contributed by atoms with E-state index in [1.165, 1.54) is 0 Å². The molecule has 3 aromatic rings. The van der Waals surface area contributed by atoms with Crippen LogP contribution in [0.15, 0.2) is 42.5 Å². The third-order valence-electron chi connectivity index (χ3n) is 4.81. The van der Waals surface area contributed by atoms with Crippen LogP contribution < -0.4 is 9.80 Å². The first-order chi connectivity index (χ1) is 13.0. The van der Waals surface area contributed by atoms with Crippen LogP contribution >= 0.6 is 22.9 Å². The van der Waals surface area contributed by atoms with Gasteiger partial charge in [0.05, 0.1) is 10.2 Å². The summed E-state index contributed by atoms with van der Waals surface area (Å²) >= 11 is 7.72. The minimum absolute atomic E-state index is 0.0936. The number of anilines is 2. The first-order valence-corrected chi connectivity index (χ1v) is 10.1. The molecule has 1 aromatic heterocycles. The van der Waals surface area contributed by atoms with Gasteiger partial charge in [0.1, 0.15) is 0 Å². The largest absolute Gasteiger partial charge is 0.378 e. The van der Waals surface area contributed by atoms with Crippen LogP contribution in [0.5, 0.6) is 0 Å². The average molecular weight is 401 g/mol. The molecule has 0 radical (unpaired) electrons. The zero-order valence-corrected chi connectivity index (χ0v) is 16.9. The van der Waals surface area contributed by atoms with Crippen molar-refractivity contribution in [2.45, 2.75) is 0 Å². The van der Waals surface area contributed by atoms with Crippen LogP contribution in [0.2, 0.25) is 5.02 Å². The lowest BCUT2D eigenvalue weighted by molar-refractivity contribution is 0.0747. The fraction of sp³-hybridized carbons (Fsp3) is 0.300. The van der Waals surface area contributed by atoms with Crippen molar-refractivity contribution in [2.75, 3.05) is 50.1 Å². The third kappa shape index (κ3) is 3.73. The summed E-state index contributed by atoms with van der Waals surface area (Å²) in [7, 11) is 3.98. The molecule has 0 aliphatic carbocycles. The number of rotatable bonds is 3. The van der Waals surface area contributed by atoms with E-state index in [0.717, 1.165) is 44.7 Å². The molecular weight excluding hydrogens is 380 g/mol. The number of aromatic nitrogens is 1. The van der Waals surface area contributed by atoms with Gasteiger partial charge in [-0.05, 0) is 42.5 Å². The van der Waals surface area contributed by atoms with Crippen molar-refractivity contribution >= 4 is 49.9 Å². The molecule has 140 valence electrons. The molecule has 0 bridgehead atoms. The lowest BCUT2D eigenvalue weighted by Crippen LogP contribution is -2.48. The Hall–Kier alpha value is -2.31. The van der Waals surface area contributed by atoms with Crippen molar-refractivity contribution in [1.82, 2.24) is 9.88 Å². The summed E-state index contributed by atoms with van der Waals surface area (Å²) in [6.45, 7) is 2.97. The van der Waals surface area contributed by atoms with Gasteiger partial charge in [0.25, 0.3) is 5.91 Å².